The molecule has 0 aliphatic heterocycles. The van der Waals surface area contributed by atoms with Crippen LogP contribution in [-0.4, -0.2) is 29.0 Å². The SMILES string of the molecule is OCC(O)CC1C=CC=CC1OCc1ccccc1. The number of ether oxygens (including phenoxy) is 1. The van der Waals surface area contributed by atoms with Crippen LogP contribution in [0.1, 0.15) is 12.0 Å². The smallest absolute Gasteiger partial charge is 0.0827 e. The predicted molar refractivity (Wildman–Crippen MR) is 74.5 cm³/mol. The maximum atomic E-state index is 9.55. The van der Waals surface area contributed by atoms with E-state index in [1.807, 2.05) is 54.6 Å². The fraction of sp³-hybridized carbons (Fsp3) is 0.375. The average Bonchev–Trinajstić information content (AvgIpc) is 2.47. The topological polar surface area (TPSA) is 49.7 Å². The highest BCUT2D eigenvalue weighted by Gasteiger charge is 2.22. The molecule has 2 N–H and O–H groups in total. The number of benzene rings is 1. The highest BCUT2D eigenvalue weighted by atomic mass is 16.5. The Bertz CT molecular complexity index is 425. The van der Waals surface area contributed by atoms with Gasteiger partial charge in [0.2, 0.25) is 0 Å². The first-order valence-corrected chi connectivity index (χ1v) is 6.59. The van der Waals surface area contributed by atoms with Gasteiger partial charge >= 0.3 is 0 Å². The summed E-state index contributed by atoms with van der Waals surface area (Å²) in [6, 6.07) is 10.0. The summed E-state index contributed by atoms with van der Waals surface area (Å²) >= 11 is 0. The number of allylic oxidation sites excluding steroid dienone is 2. The van der Waals surface area contributed by atoms with Crippen molar-refractivity contribution < 1.29 is 14.9 Å². The summed E-state index contributed by atoms with van der Waals surface area (Å²) in [6.07, 6.45) is 7.70. The van der Waals surface area contributed by atoms with Crippen LogP contribution in [0.5, 0.6) is 0 Å². The Morgan fingerprint density at radius 2 is 1.84 bits per heavy atom. The third-order valence-electron chi connectivity index (χ3n) is 3.23. The standard InChI is InChI=1S/C16H20O3/c17-11-15(18)10-14-8-4-5-9-16(14)19-12-13-6-2-1-3-7-13/h1-9,14-18H,10-12H2. The van der Waals surface area contributed by atoms with E-state index in [1.54, 1.807) is 0 Å². The van der Waals surface area contributed by atoms with Gasteiger partial charge in [-0.25, -0.2) is 0 Å². The molecule has 3 nitrogen and oxygen atoms in total. The third kappa shape index (κ3) is 4.31. The predicted octanol–water partition coefficient (Wildman–Crippen LogP) is 2.06. The largest absolute Gasteiger partial charge is 0.394 e. The minimum atomic E-state index is -0.691. The molecule has 3 unspecified atom stereocenters. The molecule has 0 saturated heterocycles. The summed E-state index contributed by atoms with van der Waals surface area (Å²) < 4.78 is 5.90. The van der Waals surface area contributed by atoms with Crippen LogP contribution < -0.4 is 0 Å². The van der Waals surface area contributed by atoms with E-state index >= 15 is 0 Å². The zero-order valence-corrected chi connectivity index (χ0v) is 10.9. The molecule has 3 atom stereocenters. The second-order valence-corrected chi connectivity index (χ2v) is 4.77. The molecular formula is C16H20O3. The van der Waals surface area contributed by atoms with Crippen LogP contribution in [0.3, 0.4) is 0 Å². The average molecular weight is 260 g/mol. The van der Waals surface area contributed by atoms with Crippen molar-refractivity contribution in [3.05, 3.63) is 60.2 Å². The lowest BCUT2D eigenvalue weighted by molar-refractivity contribution is 0.0159. The first kappa shape index (κ1) is 14.0. The van der Waals surface area contributed by atoms with E-state index in [2.05, 4.69) is 0 Å². The minimum absolute atomic E-state index is 0.0496. The van der Waals surface area contributed by atoms with Crippen LogP contribution >= 0.6 is 0 Å². The lowest BCUT2D eigenvalue weighted by Crippen LogP contribution is -2.27. The van der Waals surface area contributed by atoms with Crippen molar-refractivity contribution in [1.82, 2.24) is 0 Å². The number of hydrogen-bond acceptors (Lipinski definition) is 3. The molecule has 0 amide bonds. The summed E-state index contributed by atoms with van der Waals surface area (Å²) in [4.78, 5) is 0. The Hall–Kier alpha value is -1.42. The van der Waals surface area contributed by atoms with Crippen LogP contribution in [0.25, 0.3) is 0 Å². The third-order valence-corrected chi connectivity index (χ3v) is 3.23. The lowest BCUT2D eigenvalue weighted by atomic mass is 9.92. The van der Waals surface area contributed by atoms with E-state index in [1.165, 1.54) is 0 Å². The van der Waals surface area contributed by atoms with E-state index in [0.29, 0.717) is 13.0 Å². The minimum Gasteiger partial charge on any atom is -0.394 e. The van der Waals surface area contributed by atoms with Crippen LogP contribution in [0, 0.1) is 5.92 Å². The number of aliphatic hydroxyl groups is 2. The van der Waals surface area contributed by atoms with Gasteiger partial charge in [-0.3, -0.25) is 0 Å². The second kappa shape index (κ2) is 7.24. The fourth-order valence-corrected chi connectivity index (χ4v) is 2.18. The summed E-state index contributed by atoms with van der Waals surface area (Å²) in [5.41, 5.74) is 1.13. The van der Waals surface area contributed by atoms with Crippen LogP contribution in [0.2, 0.25) is 0 Å². The van der Waals surface area contributed by atoms with Gasteiger partial charge in [0.25, 0.3) is 0 Å². The van der Waals surface area contributed by atoms with E-state index in [4.69, 9.17) is 9.84 Å². The van der Waals surface area contributed by atoms with Crippen molar-refractivity contribution in [2.75, 3.05) is 6.61 Å². The molecule has 0 spiro atoms. The normalized spacial score (nSPS) is 23.5. The van der Waals surface area contributed by atoms with E-state index in [9.17, 15) is 5.11 Å². The molecule has 0 saturated carbocycles. The van der Waals surface area contributed by atoms with E-state index < -0.39 is 6.10 Å². The quantitative estimate of drug-likeness (QED) is 0.823. The second-order valence-electron chi connectivity index (χ2n) is 4.77. The molecule has 0 aromatic heterocycles. The fourth-order valence-electron chi connectivity index (χ4n) is 2.18. The summed E-state index contributed by atoms with van der Waals surface area (Å²) in [6.45, 7) is 0.342. The summed E-state index contributed by atoms with van der Waals surface area (Å²) in [5, 5.41) is 18.5. The molecule has 1 aliphatic carbocycles. The van der Waals surface area contributed by atoms with Gasteiger partial charge in [0.15, 0.2) is 0 Å². The maximum Gasteiger partial charge on any atom is 0.0827 e. The lowest BCUT2D eigenvalue weighted by Gasteiger charge is -2.26. The summed E-state index contributed by atoms with van der Waals surface area (Å²) in [7, 11) is 0. The maximum absolute atomic E-state index is 9.55. The van der Waals surface area contributed by atoms with Gasteiger partial charge in [0.1, 0.15) is 0 Å². The molecule has 2 rings (SSSR count). The van der Waals surface area contributed by atoms with Crippen molar-refractivity contribution in [3.63, 3.8) is 0 Å². The van der Waals surface area contributed by atoms with E-state index in [-0.39, 0.29) is 18.6 Å². The molecule has 0 radical (unpaired) electrons. The number of aliphatic hydroxyl groups excluding tert-OH is 2. The van der Waals surface area contributed by atoms with E-state index in [0.717, 1.165) is 5.56 Å². The first-order valence-electron chi connectivity index (χ1n) is 6.59. The molecule has 0 heterocycles. The zero-order valence-electron chi connectivity index (χ0n) is 10.9. The van der Waals surface area contributed by atoms with Gasteiger partial charge < -0.3 is 14.9 Å². The highest BCUT2D eigenvalue weighted by Crippen LogP contribution is 2.22. The van der Waals surface area contributed by atoms with Gasteiger partial charge in [-0.1, -0.05) is 54.6 Å². The van der Waals surface area contributed by atoms with Crippen molar-refractivity contribution >= 4 is 0 Å². The van der Waals surface area contributed by atoms with Crippen LogP contribution in [0.15, 0.2) is 54.6 Å². The van der Waals surface area contributed by atoms with Crippen LogP contribution in [-0.2, 0) is 11.3 Å². The molecular weight excluding hydrogens is 240 g/mol. The van der Waals surface area contributed by atoms with Gasteiger partial charge in [-0.05, 0) is 12.0 Å². The Kier molecular flexibility index (Phi) is 5.33. The van der Waals surface area contributed by atoms with Crippen molar-refractivity contribution in [3.8, 4) is 0 Å². The van der Waals surface area contributed by atoms with Crippen molar-refractivity contribution in [2.24, 2.45) is 5.92 Å². The molecule has 1 aliphatic rings. The highest BCUT2D eigenvalue weighted by molar-refractivity contribution is 5.17. The van der Waals surface area contributed by atoms with Gasteiger partial charge in [0, 0.05) is 5.92 Å². The number of hydrogen-bond donors (Lipinski definition) is 2. The number of rotatable bonds is 6. The van der Waals surface area contributed by atoms with Crippen molar-refractivity contribution in [1.29, 1.82) is 0 Å². The molecule has 1 aromatic carbocycles. The zero-order chi connectivity index (χ0) is 13.5. The molecule has 0 bridgehead atoms. The van der Waals surface area contributed by atoms with Crippen molar-refractivity contribution in [2.45, 2.75) is 25.2 Å². The van der Waals surface area contributed by atoms with Gasteiger partial charge in [-0.2, -0.15) is 0 Å². The molecule has 3 heteroatoms. The molecule has 0 fully saturated rings. The molecule has 1 aromatic rings. The molecule has 102 valence electrons. The molecule has 19 heavy (non-hydrogen) atoms. The Labute approximate surface area is 113 Å². The Balaban J connectivity index is 1.90. The summed E-state index contributed by atoms with van der Waals surface area (Å²) in [5.74, 6) is 0.107. The first-order chi connectivity index (χ1) is 9.29. The van der Waals surface area contributed by atoms with Gasteiger partial charge in [0.05, 0.1) is 25.4 Å². The Morgan fingerprint density at radius 1 is 1.11 bits per heavy atom. The monoisotopic (exact) mass is 260 g/mol. The van der Waals surface area contributed by atoms with Gasteiger partial charge in [-0.15, -0.1) is 0 Å². The Morgan fingerprint density at radius 3 is 2.58 bits per heavy atom. The van der Waals surface area contributed by atoms with Crippen LogP contribution in [0.4, 0.5) is 0 Å².